The molecule has 1 heterocycles. The number of carbonyl (C=O) groups excluding carboxylic acids is 2. The van der Waals surface area contributed by atoms with Gasteiger partial charge in [0.25, 0.3) is 5.91 Å². The SMILES string of the molecule is CCOC(=O)N1CCN(C(=O)COc2cc(Cl)ccc2Cl)CC1. The number of hydrogen-bond donors (Lipinski definition) is 0. The van der Waals surface area contributed by atoms with E-state index < -0.39 is 0 Å². The standard InChI is InChI=1S/C15H18Cl2N2O4/c1-2-22-15(21)19-7-5-18(6-8-19)14(20)10-23-13-9-11(16)3-4-12(13)17/h3-4,9H,2,5-8,10H2,1H3. The van der Waals surface area contributed by atoms with E-state index in [1.54, 1.807) is 34.9 Å². The molecule has 1 aromatic carbocycles. The average Bonchev–Trinajstić information content (AvgIpc) is 2.55. The van der Waals surface area contributed by atoms with E-state index in [4.69, 9.17) is 32.7 Å². The fraction of sp³-hybridized carbons (Fsp3) is 0.467. The predicted molar refractivity (Wildman–Crippen MR) is 87.1 cm³/mol. The number of halogens is 2. The molecular weight excluding hydrogens is 343 g/mol. The Morgan fingerprint density at radius 2 is 1.78 bits per heavy atom. The summed E-state index contributed by atoms with van der Waals surface area (Å²) < 4.78 is 10.4. The van der Waals surface area contributed by atoms with Crippen molar-refractivity contribution in [3.63, 3.8) is 0 Å². The number of ether oxygens (including phenoxy) is 2. The van der Waals surface area contributed by atoms with Gasteiger partial charge in [0.1, 0.15) is 5.75 Å². The molecule has 0 aromatic heterocycles. The summed E-state index contributed by atoms with van der Waals surface area (Å²) in [5, 5.41) is 0.884. The van der Waals surface area contributed by atoms with Gasteiger partial charge in [-0.2, -0.15) is 0 Å². The Labute approximate surface area is 144 Å². The normalized spacial score (nSPS) is 14.6. The second-order valence-corrected chi connectivity index (χ2v) is 5.77. The largest absolute Gasteiger partial charge is 0.482 e. The summed E-state index contributed by atoms with van der Waals surface area (Å²) in [4.78, 5) is 27.0. The van der Waals surface area contributed by atoms with E-state index in [-0.39, 0.29) is 18.6 Å². The fourth-order valence-electron chi connectivity index (χ4n) is 2.17. The maximum Gasteiger partial charge on any atom is 0.409 e. The molecule has 0 bridgehead atoms. The van der Waals surface area contributed by atoms with Gasteiger partial charge in [-0.3, -0.25) is 4.79 Å². The van der Waals surface area contributed by atoms with Gasteiger partial charge in [-0.15, -0.1) is 0 Å². The van der Waals surface area contributed by atoms with Gasteiger partial charge in [0.05, 0.1) is 11.6 Å². The first kappa shape index (κ1) is 17.7. The number of nitrogens with zero attached hydrogens (tertiary/aromatic N) is 2. The number of amides is 2. The van der Waals surface area contributed by atoms with Crippen LogP contribution in [0.4, 0.5) is 4.79 Å². The highest BCUT2D eigenvalue weighted by Crippen LogP contribution is 2.27. The maximum atomic E-state index is 12.2. The Balaban J connectivity index is 1.81. The van der Waals surface area contributed by atoms with Crippen LogP contribution in [0.15, 0.2) is 18.2 Å². The first-order valence-electron chi connectivity index (χ1n) is 7.28. The fourth-order valence-corrected chi connectivity index (χ4v) is 2.51. The van der Waals surface area contributed by atoms with Crippen molar-refractivity contribution in [2.45, 2.75) is 6.92 Å². The lowest BCUT2D eigenvalue weighted by atomic mass is 10.3. The highest BCUT2D eigenvalue weighted by atomic mass is 35.5. The predicted octanol–water partition coefficient (Wildman–Crippen LogP) is 2.67. The van der Waals surface area contributed by atoms with Crippen molar-refractivity contribution >= 4 is 35.2 Å². The van der Waals surface area contributed by atoms with Crippen LogP contribution in [-0.4, -0.2) is 61.2 Å². The van der Waals surface area contributed by atoms with Crippen molar-refractivity contribution in [2.24, 2.45) is 0 Å². The van der Waals surface area contributed by atoms with Crippen LogP contribution in [0.2, 0.25) is 10.0 Å². The molecule has 1 aliphatic rings. The van der Waals surface area contributed by atoms with Crippen LogP contribution < -0.4 is 4.74 Å². The highest BCUT2D eigenvalue weighted by molar-refractivity contribution is 6.34. The molecule has 1 fully saturated rings. The Kier molecular flexibility index (Phi) is 6.36. The quantitative estimate of drug-likeness (QED) is 0.828. The van der Waals surface area contributed by atoms with Crippen LogP contribution in [0.3, 0.4) is 0 Å². The van der Waals surface area contributed by atoms with Gasteiger partial charge in [-0.1, -0.05) is 23.2 Å². The molecule has 0 unspecified atom stereocenters. The summed E-state index contributed by atoms with van der Waals surface area (Å²) in [5.41, 5.74) is 0. The third-order valence-corrected chi connectivity index (χ3v) is 3.95. The number of hydrogen-bond acceptors (Lipinski definition) is 4. The topological polar surface area (TPSA) is 59.1 Å². The highest BCUT2D eigenvalue weighted by Gasteiger charge is 2.25. The Hall–Kier alpha value is -1.66. The van der Waals surface area contributed by atoms with Crippen molar-refractivity contribution < 1.29 is 19.1 Å². The monoisotopic (exact) mass is 360 g/mol. The van der Waals surface area contributed by atoms with Gasteiger partial charge in [0.2, 0.25) is 0 Å². The van der Waals surface area contributed by atoms with E-state index in [0.29, 0.717) is 48.6 Å². The van der Waals surface area contributed by atoms with E-state index in [1.807, 2.05) is 0 Å². The van der Waals surface area contributed by atoms with E-state index in [1.165, 1.54) is 0 Å². The zero-order valence-corrected chi connectivity index (χ0v) is 14.3. The lowest BCUT2D eigenvalue weighted by molar-refractivity contribution is -0.134. The molecule has 2 rings (SSSR count). The number of benzene rings is 1. The van der Waals surface area contributed by atoms with E-state index in [2.05, 4.69) is 0 Å². The van der Waals surface area contributed by atoms with Crippen LogP contribution in [0.25, 0.3) is 0 Å². The van der Waals surface area contributed by atoms with Crippen molar-refractivity contribution in [2.75, 3.05) is 39.4 Å². The smallest absolute Gasteiger partial charge is 0.409 e. The van der Waals surface area contributed by atoms with E-state index in [9.17, 15) is 9.59 Å². The lowest BCUT2D eigenvalue weighted by Gasteiger charge is -2.33. The molecule has 2 amide bonds. The molecule has 0 spiro atoms. The summed E-state index contributed by atoms with van der Waals surface area (Å²) in [6, 6.07) is 4.82. The van der Waals surface area contributed by atoms with E-state index in [0.717, 1.165) is 0 Å². The van der Waals surface area contributed by atoms with Gasteiger partial charge >= 0.3 is 6.09 Å². The number of rotatable bonds is 4. The third kappa shape index (κ3) is 4.91. The van der Waals surface area contributed by atoms with Crippen molar-refractivity contribution in [1.82, 2.24) is 9.80 Å². The zero-order chi connectivity index (χ0) is 16.8. The van der Waals surface area contributed by atoms with Crippen molar-refractivity contribution in [3.8, 4) is 5.75 Å². The second kappa shape index (κ2) is 8.26. The van der Waals surface area contributed by atoms with Crippen LogP contribution in [0, 0.1) is 0 Å². The molecule has 1 saturated heterocycles. The van der Waals surface area contributed by atoms with Crippen LogP contribution in [0.1, 0.15) is 6.92 Å². The first-order chi connectivity index (χ1) is 11.0. The minimum atomic E-state index is -0.346. The Morgan fingerprint density at radius 1 is 1.13 bits per heavy atom. The average molecular weight is 361 g/mol. The lowest BCUT2D eigenvalue weighted by Crippen LogP contribution is -2.51. The number of carbonyl (C=O) groups is 2. The molecule has 0 N–H and O–H groups in total. The summed E-state index contributed by atoms with van der Waals surface area (Å²) in [7, 11) is 0. The molecule has 6 nitrogen and oxygen atoms in total. The van der Waals surface area contributed by atoms with Gasteiger partial charge in [-0.05, 0) is 19.1 Å². The minimum Gasteiger partial charge on any atom is -0.482 e. The van der Waals surface area contributed by atoms with Gasteiger partial charge < -0.3 is 19.3 Å². The summed E-state index contributed by atoms with van der Waals surface area (Å²) in [6.45, 7) is 3.77. The maximum absolute atomic E-state index is 12.2. The molecule has 0 aliphatic carbocycles. The van der Waals surface area contributed by atoms with Gasteiger partial charge in [0, 0.05) is 37.3 Å². The van der Waals surface area contributed by atoms with Gasteiger partial charge in [0.15, 0.2) is 6.61 Å². The molecule has 23 heavy (non-hydrogen) atoms. The Morgan fingerprint density at radius 3 is 2.43 bits per heavy atom. The zero-order valence-electron chi connectivity index (χ0n) is 12.8. The summed E-state index contributed by atoms with van der Waals surface area (Å²) in [5.74, 6) is 0.210. The summed E-state index contributed by atoms with van der Waals surface area (Å²) >= 11 is 11.9. The molecule has 1 aliphatic heterocycles. The Bertz CT molecular complexity index is 575. The van der Waals surface area contributed by atoms with E-state index >= 15 is 0 Å². The molecule has 0 atom stereocenters. The minimum absolute atomic E-state index is 0.126. The third-order valence-electron chi connectivity index (χ3n) is 3.40. The first-order valence-corrected chi connectivity index (χ1v) is 8.04. The van der Waals surface area contributed by atoms with Crippen molar-refractivity contribution in [1.29, 1.82) is 0 Å². The van der Waals surface area contributed by atoms with Crippen LogP contribution in [-0.2, 0) is 9.53 Å². The molecule has 0 radical (unpaired) electrons. The molecular formula is C15H18Cl2N2O4. The molecule has 8 heteroatoms. The van der Waals surface area contributed by atoms with Crippen molar-refractivity contribution in [3.05, 3.63) is 28.2 Å². The van der Waals surface area contributed by atoms with Crippen LogP contribution in [0.5, 0.6) is 5.75 Å². The molecule has 0 saturated carbocycles. The van der Waals surface area contributed by atoms with Gasteiger partial charge in [-0.25, -0.2) is 4.79 Å². The number of piperazine rings is 1. The van der Waals surface area contributed by atoms with Crippen LogP contribution >= 0.6 is 23.2 Å². The molecule has 1 aromatic rings. The second-order valence-electron chi connectivity index (χ2n) is 4.93. The molecule has 126 valence electrons. The summed E-state index contributed by atoms with van der Waals surface area (Å²) in [6.07, 6.45) is -0.346.